The number of carbonyl (C=O) groups is 3. The first-order valence-corrected chi connectivity index (χ1v) is 13.2. The number of carboxylic acids is 2. The van der Waals surface area contributed by atoms with Gasteiger partial charge in [-0.2, -0.15) is 0 Å². The molecule has 42 heavy (non-hydrogen) atoms. The smallest absolute Gasteiger partial charge is 0.335 e. The topological polar surface area (TPSA) is 157 Å². The van der Waals surface area contributed by atoms with Crippen LogP contribution in [0.3, 0.4) is 0 Å². The summed E-state index contributed by atoms with van der Waals surface area (Å²) in [6.45, 7) is 2.14. The van der Waals surface area contributed by atoms with Crippen LogP contribution in [-0.4, -0.2) is 105 Å². The summed E-state index contributed by atoms with van der Waals surface area (Å²) >= 11 is 0. The number of benzene rings is 2. The van der Waals surface area contributed by atoms with E-state index in [0.29, 0.717) is 17.2 Å². The second-order valence-electron chi connectivity index (χ2n) is 10.6. The first-order valence-electron chi connectivity index (χ1n) is 13.2. The van der Waals surface area contributed by atoms with E-state index >= 15 is 0 Å². The minimum Gasteiger partial charge on any atom is -0.479 e. The van der Waals surface area contributed by atoms with E-state index in [1.807, 2.05) is 48.3 Å². The lowest BCUT2D eigenvalue weighted by Crippen LogP contribution is -2.52. The number of pyridine rings is 1. The van der Waals surface area contributed by atoms with Gasteiger partial charge in [-0.3, -0.25) is 4.79 Å². The van der Waals surface area contributed by atoms with E-state index in [-0.39, 0.29) is 17.8 Å². The van der Waals surface area contributed by atoms with Crippen LogP contribution in [0.5, 0.6) is 11.5 Å². The Morgan fingerprint density at radius 1 is 0.881 bits per heavy atom. The average Bonchev–Trinajstić information content (AvgIpc) is 2.97. The average molecular weight is 585 g/mol. The van der Waals surface area contributed by atoms with Gasteiger partial charge in [0.05, 0.1) is 32.9 Å². The van der Waals surface area contributed by atoms with Gasteiger partial charge < -0.3 is 34.5 Å². The number of amides is 1. The molecule has 4 N–H and O–H groups in total. The van der Waals surface area contributed by atoms with Gasteiger partial charge in [-0.25, -0.2) is 19.0 Å². The monoisotopic (exact) mass is 584 g/mol. The third-order valence-electron chi connectivity index (χ3n) is 6.98. The molecule has 1 aliphatic heterocycles. The van der Waals surface area contributed by atoms with E-state index in [1.54, 1.807) is 18.2 Å². The van der Waals surface area contributed by atoms with E-state index in [0.717, 1.165) is 41.7 Å². The number of aromatic nitrogens is 1. The van der Waals surface area contributed by atoms with Crippen LogP contribution in [0.1, 0.15) is 23.3 Å². The second kappa shape index (κ2) is 14.0. The summed E-state index contributed by atoms with van der Waals surface area (Å²) in [6.07, 6.45) is -2.52. The lowest BCUT2D eigenvalue weighted by atomic mass is 10.0. The van der Waals surface area contributed by atoms with E-state index in [2.05, 4.69) is 19.1 Å². The highest BCUT2D eigenvalue weighted by Crippen LogP contribution is 2.26. The molecule has 1 aliphatic rings. The number of likely N-dealkylation sites (tertiary alicyclic amines) is 1. The summed E-state index contributed by atoms with van der Waals surface area (Å²) in [7, 11) is 6.35. The Labute approximate surface area is 242 Å². The Morgan fingerprint density at radius 2 is 1.38 bits per heavy atom. The molecule has 11 nitrogen and oxygen atoms in total. The van der Waals surface area contributed by atoms with Gasteiger partial charge in [-0.1, -0.05) is 6.07 Å². The summed E-state index contributed by atoms with van der Waals surface area (Å²) in [5.41, 5.74) is 2.08. The molecule has 0 saturated carbocycles. The highest BCUT2D eigenvalue weighted by molar-refractivity contribution is 5.93. The molecule has 0 bridgehead atoms. The Morgan fingerprint density at radius 3 is 1.88 bits per heavy atom. The van der Waals surface area contributed by atoms with Crippen molar-refractivity contribution in [2.24, 2.45) is 0 Å². The summed E-state index contributed by atoms with van der Waals surface area (Å²) in [4.78, 5) is 39.1. The fourth-order valence-electron chi connectivity index (χ4n) is 4.30. The maximum absolute atomic E-state index is 13.1. The lowest BCUT2D eigenvalue weighted by Gasteiger charge is -2.40. The van der Waals surface area contributed by atoms with Crippen molar-refractivity contribution < 1.29 is 48.4 Å². The van der Waals surface area contributed by atoms with E-state index < -0.39 is 24.1 Å². The molecule has 4 rings (SSSR count). The first kappa shape index (κ1) is 32.1. The third-order valence-corrected chi connectivity index (χ3v) is 6.98. The van der Waals surface area contributed by atoms with Crippen molar-refractivity contribution in [1.82, 2.24) is 9.88 Å². The van der Waals surface area contributed by atoms with Gasteiger partial charge in [-0.05, 0) is 60.7 Å². The molecule has 12 heteroatoms. The number of halogens is 1. The molecule has 224 valence electrons. The lowest BCUT2D eigenvalue weighted by molar-refractivity contribution is -0.895. The molecule has 1 saturated heterocycles. The van der Waals surface area contributed by atoms with Crippen LogP contribution in [-0.2, 0) is 9.59 Å². The number of aliphatic carboxylic acids is 2. The number of rotatable bonds is 8. The van der Waals surface area contributed by atoms with Crippen molar-refractivity contribution in [3.05, 3.63) is 78.2 Å². The maximum Gasteiger partial charge on any atom is 0.335 e. The molecule has 2 heterocycles. The highest BCUT2D eigenvalue weighted by atomic mass is 19.1. The Kier molecular flexibility index (Phi) is 10.7. The number of aliphatic hydroxyl groups is 2. The van der Waals surface area contributed by atoms with Gasteiger partial charge in [0.2, 0.25) is 0 Å². The number of hydrogen-bond donors (Lipinski definition) is 4. The minimum absolute atomic E-state index is 0.0414. The van der Waals surface area contributed by atoms with E-state index in [1.165, 1.54) is 12.1 Å². The molecular formula is C30H35FN3O8+. The molecule has 0 spiro atoms. The van der Waals surface area contributed by atoms with Gasteiger partial charge in [0, 0.05) is 31.5 Å². The summed E-state index contributed by atoms with van der Waals surface area (Å²) in [5, 5.41) is 32.5. The molecule has 1 amide bonds. The Hall–Kier alpha value is -4.39. The predicted octanol–water partition coefficient (Wildman–Crippen LogP) is 2.87. The number of hydrogen-bond acceptors (Lipinski definition) is 7. The van der Waals surface area contributed by atoms with Crippen molar-refractivity contribution in [2.75, 3.05) is 34.2 Å². The second-order valence-corrected chi connectivity index (χ2v) is 10.6. The van der Waals surface area contributed by atoms with Gasteiger partial charge in [0.15, 0.2) is 12.2 Å². The SMILES string of the molecule is CN(C(=O)c1cccc(-c2ccc(Oc3ccc(F)cc3)cc2)n1)C1CC[N+](C)(C)CC1.O=C(O)C(O)C(O)C(=O)O. The molecular weight excluding hydrogens is 549 g/mol. The zero-order valence-electron chi connectivity index (χ0n) is 23.6. The Balaban J connectivity index is 0.000000416. The number of carbonyl (C=O) groups excluding carboxylic acids is 1. The zero-order chi connectivity index (χ0) is 31.0. The fourth-order valence-corrected chi connectivity index (χ4v) is 4.30. The molecule has 2 unspecified atom stereocenters. The van der Waals surface area contributed by atoms with Gasteiger partial charge >= 0.3 is 11.9 Å². The molecule has 2 atom stereocenters. The molecule has 3 aromatic rings. The fraction of sp³-hybridized carbons (Fsp3) is 0.333. The summed E-state index contributed by atoms with van der Waals surface area (Å²) < 4.78 is 19.8. The van der Waals surface area contributed by atoms with Crippen LogP contribution >= 0.6 is 0 Å². The van der Waals surface area contributed by atoms with Gasteiger partial charge in [-0.15, -0.1) is 0 Å². The van der Waals surface area contributed by atoms with E-state index in [9.17, 15) is 18.8 Å². The quantitative estimate of drug-likeness (QED) is 0.292. The number of aliphatic hydroxyl groups excluding tert-OH is 2. The number of piperidine rings is 1. The Bertz CT molecular complexity index is 1350. The third kappa shape index (κ3) is 8.80. The zero-order valence-corrected chi connectivity index (χ0v) is 23.6. The molecule has 0 radical (unpaired) electrons. The van der Waals surface area contributed by atoms with Crippen molar-refractivity contribution in [2.45, 2.75) is 31.1 Å². The first-order chi connectivity index (χ1) is 19.8. The summed E-state index contributed by atoms with van der Waals surface area (Å²) in [6, 6.07) is 19.2. The minimum atomic E-state index is -2.27. The van der Waals surface area contributed by atoms with Crippen LogP contribution in [0.25, 0.3) is 11.3 Å². The van der Waals surface area contributed by atoms with Crippen LogP contribution in [0.4, 0.5) is 4.39 Å². The standard InChI is InChI=1S/C26H29FN3O2.C4H6O6/c1-29(21-15-17-30(2,3)18-16-21)26(31)25-6-4-5-24(28-25)19-7-11-22(12-8-19)32-23-13-9-20(27)10-14-23;5-1(3(7)8)2(6)4(9)10/h4-14,21H,15-18H2,1-3H3;1-2,5-6H,(H,7,8)(H,9,10)/q+1;. The normalized spacial score (nSPS) is 15.9. The van der Waals surface area contributed by atoms with Crippen molar-refractivity contribution in [3.8, 4) is 22.8 Å². The molecule has 1 aromatic heterocycles. The van der Waals surface area contributed by atoms with Crippen LogP contribution in [0, 0.1) is 5.82 Å². The molecule has 1 fully saturated rings. The van der Waals surface area contributed by atoms with Gasteiger partial charge in [0.25, 0.3) is 5.91 Å². The van der Waals surface area contributed by atoms with Crippen LogP contribution in [0.2, 0.25) is 0 Å². The number of carboxylic acid groups (broad SMARTS) is 2. The van der Waals surface area contributed by atoms with Crippen molar-refractivity contribution in [1.29, 1.82) is 0 Å². The predicted molar refractivity (Wildman–Crippen MR) is 150 cm³/mol. The number of ether oxygens (including phenoxy) is 1. The largest absolute Gasteiger partial charge is 0.479 e. The van der Waals surface area contributed by atoms with Crippen molar-refractivity contribution >= 4 is 17.8 Å². The van der Waals surface area contributed by atoms with Gasteiger partial charge in [0.1, 0.15) is 23.0 Å². The number of nitrogens with zero attached hydrogens (tertiary/aromatic N) is 3. The van der Waals surface area contributed by atoms with Crippen molar-refractivity contribution in [3.63, 3.8) is 0 Å². The molecule has 2 aromatic carbocycles. The summed E-state index contributed by atoms with van der Waals surface area (Å²) in [5.74, 6) is -2.67. The maximum atomic E-state index is 13.1. The highest BCUT2D eigenvalue weighted by Gasteiger charge is 2.31. The number of quaternary nitrogens is 1. The van der Waals surface area contributed by atoms with Crippen LogP contribution < -0.4 is 4.74 Å². The van der Waals surface area contributed by atoms with E-state index in [4.69, 9.17) is 25.2 Å². The van der Waals surface area contributed by atoms with Crippen LogP contribution in [0.15, 0.2) is 66.7 Å². The molecule has 0 aliphatic carbocycles.